The number of nitrogens with one attached hydrogen (secondary N) is 2. The minimum atomic E-state index is -3.34. The van der Waals surface area contributed by atoms with Crippen molar-refractivity contribution in [1.29, 1.82) is 0 Å². The van der Waals surface area contributed by atoms with E-state index >= 15 is 0 Å². The molecular weight excluding hydrogens is 288 g/mol. The molecule has 2 N–H and O–H groups in total. The molecule has 0 aliphatic heterocycles. The first-order chi connectivity index (χ1) is 8.61. The van der Waals surface area contributed by atoms with Gasteiger partial charge in [-0.05, 0) is 43.3 Å². The van der Waals surface area contributed by atoms with Gasteiger partial charge in [-0.2, -0.15) is 11.8 Å². The van der Waals surface area contributed by atoms with Crippen LogP contribution in [0.25, 0.3) is 0 Å². The predicted octanol–water partition coefficient (Wildman–Crippen LogP) is 1.89. The molecule has 104 valence electrons. The van der Waals surface area contributed by atoms with E-state index in [1.165, 1.54) is 11.3 Å². The summed E-state index contributed by atoms with van der Waals surface area (Å²) in [5, 5.41) is 4.80. The topological polar surface area (TPSA) is 58.2 Å². The lowest BCUT2D eigenvalue weighted by atomic mass is 10.3. The summed E-state index contributed by atoms with van der Waals surface area (Å²) in [6.07, 6.45) is 3.97. The van der Waals surface area contributed by atoms with Crippen LogP contribution in [0.15, 0.2) is 16.3 Å². The zero-order valence-electron chi connectivity index (χ0n) is 10.7. The summed E-state index contributed by atoms with van der Waals surface area (Å²) in [6.45, 7) is 1.10. The van der Waals surface area contributed by atoms with Gasteiger partial charge in [0.25, 0.3) is 0 Å². The second-order valence-electron chi connectivity index (χ2n) is 3.84. The van der Waals surface area contributed by atoms with Gasteiger partial charge >= 0.3 is 0 Å². The zero-order chi connectivity index (χ0) is 13.4. The molecular formula is C11H20N2O2S3. The quantitative estimate of drug-likeness (QED) is 0.684. The number of thioether (sulfide) groups is 1. The van der Waals surface area contributed by atoms with E-state index in [4.69, 9.17) is 0 Å². The molecule has 0 atom stereocenters. The van der Waals surface area contributed by atoms with Gasteiger partial charge in [0, 0.05) is 18.0 Å². The predicted molar refractivity (Wildman–Crippen MR) is 79.9 cm³/mol. The monoisotopic (exact) mass is 308 g/mol. The van der Waals surface area contributed by atoms with Crippen molar-refractivity contribution < 1.29 is 8.42 Å². The fourth-order valence-electron chi connectivity index (χ4n) is 1.51. The highest BCUT2D eigenvalue weighted by molar-refractivity contribution is 7.98. The Morgan fingerprint density at radius 1 is 1.39 bits per heavy atom. The van der Waals surface area contributed by atoms with Crippen molar-refractivity contribution >= 4 is 33.1 Å². The van der Waals surface area contributed by atoms with Crippen molar-refractivity contribution in [2.24, 2.45) is 0 Å². The van der Waals surface area contributed by atoms with Crippen LogP contribution in [0.4, 0.5) is 0 Å². The van der Waals surface area contributed by atoms with Gasteiger partial charge in [-0.15, -0.1) is 11.3 Å². The maximum absolute atomic E-state index is 12.1. The van der Waals surface area contributed by atoms with E-state index in [1.54, 1.807) is 17.8 Å². The molecule has 0 saturated heterocycles. The summed E-state index contributed by atoms with van der Waals surface area (Å²) in [6, 6.07) is 1.67. The third-order valence-electron chi connectivity index (χ3n) is 2.40. The van der Waals surface area contributed by atoms with Crippen LogP contribution in [0.5, 0.6) is 0 Å². The van der Waals surface area contributed by atoms with Crippen LogP contribution in [-0.2, 0) is 16.6 Å². The molecule has 0 aliphatic rings. The number of hydrogen-bond acceptors (Lipinski definition) is 5. The van der Waals surface area contributed by atoms with E-state index in [2.05, 4.69) is 16.3 Å². The first-order valence-corrected chi connectivity index (χ1v) is 9.57. The minimum Gasteiger partial charge on any atom is -0.315 e. The van der Waals surface area contributed by atoms with Crippen LogP contribution in [-0.4, -0.2) is 34.0 Å². The molecule has 1 heterocycles. The number of thiophene rings is 1. The maximum Gasteiger partial charge on any atom is 0.241 e. The van der Waals surface area contributed by atoms with E-state index in [1.807, 2.05) is 12.4 Å². The summed E-state index contributed by atoms with van der Waals surface area (Å²) in [7, 11) is -1.53. The Balaban J connectivity index is 2.54. The Labute approximate surface area is 118 Å². The highest BCUT2D eigenvalue weighted by Crippen LogP contribution is 2.21. The van der Waals surface area contributed by atoms with Crippen LogP contribution in [0.1, 0.15) is 17.7 Å². The van der Waals surface area contributed by atoms with Gasteiger partial charge in [-0.3, -0.25) is 0 Å². The Morgan fingerprint density at radius 2 is 2.17 bits per heavy atom. The first-order valence-electron chi connectivity index (χ1n) is 5.81. The van der Waals surface area contributed by atoms with Gasteiger partial charge < -0.3 is 5.32 Å². The lowest BCUT2D eigenvalue weighted by molar-refractivity contribution is 0.577. The average molecular weight is 308 g/mol. The molecule has 0 spiro atoms. The van der Waals surface area contributed by atoms with Crippen LogP contribution in [0, 0.1) is 0 Å². The van der Waals surface area contributed by atoms with E-state index in [-0.39, 0.29) is 0 Å². The molecule has 0 unspecified atom stereocenters. The third kappa shape index (κ3) is 4.89. The molecule has 1 aromatic heterocycles. The number of sulfonamides is 1. The normalized spacial score (nSPS) is 11.9. The standard InChI is InChI=1S/C11H20N2O2S3/c1-12-9-10-11(5-8-17-10)18(14,15)13-6-3-4-7-16-2/h5,8,12-13H,3-4,6-7,9H2,1-2H3. The van der Waals surface area contributed by atoms with Gasteiger partial charge in [0.1, 0.15) is 0 Å². The Hall–Kier alpha value is -0.0800. The van der Waals surface area contributed by atoms with Crippen molar-refractivity contribution in [3.8, 4) is 0 Å². The van der Waals surface area contributed by atoms with Crippen molar-refractivity contribution in [3.05, 3.63) is 16.3 Å². The Bertz CT molecular complexity index is 443. The summed E-state index contributed by atoms with van der Waals surface area (Å²) >= 11 is 3.25. The SMILES string of the molecule is CNCc1sccc1S(=O)(=O)NCCCCSC. The molecule has 4 nitrogen and oxygen atoms in total. The van der Waals surface area contributed by atoms with Crippen LogP contribution >= 0.6 is 23.1 Å². The summed E-state index contributed by atoms with van der Waals surface area (Å²) < 4.78 is 26.8. The van der Waals surface area contributed by atoms with Crippen LogP contribution < -0.4 is 10.0 Å². The molecule has 0 aliphatic carbocycles. The van der Waals surface area contributed by atoms with Crippen molar-refractivity contribution in [3.63, 3.8) is 0 Å². The summed E-state index contributed by atoms with van der Waals surface area (Å²) in [5.74, 6) is 1.07. The zero-order valence-corrected chi connectivity index (χ0v) is 13.2. The van der Waals surface area contributed by atoms with Gasteiger partial charge in [0.2, 0.25) is 10.0 Å². The highest BCUT2D eigenvalue weighted by atomic mass is 32.2. The van der Waals surface area contributed by atoms with E-state index in [0.29, 0.717) is 18.0 Å². The number of unbranched alkanes of at least 4 members (excludes halogenated alkanes) is 1. The number of rotatable bonds is 9. The Morgan fingerprint density at radius 3 is 2.83 bits per heavy atom. The van der Waals surface area contributed by atoms with Crippen LogP contribution in [0.3, 0.4) is 0 Å². The van der Waals surface area contributed by atoms with Gasteiger partial charge in [-0.25, -0.2) is 13.1 Å². The largest absolute Gasteiger partial charge is 0.315 e. The van der Waals surface area contributed by atoms with E-state index in [9.17, 15) is 8.42 Å². The maximum atomic E-state index is 12.1. The lowest BCUT2D eigenvalue weighted by Gasteiger charge is -2.07. The molecule has 0 bridgehead atoms. The molecule has 18 heavy (non-hydrogen) atoms. The molecule has 7 heteroatoms. The number of hydrogen-bond donors (Lipinski definition) is 2. The lowest BCUT2D eigenvalue weighted by Crippen LogP contribution is -2.25. The van der Waals surface area contributed by atoms with Crippen LogP contribution in [0.2, 0.25) is 0 Å². The first kappa shape index (κ1) is 16.0. The van der Waals surface area contributed by atoms with Crippen molar-refractivity contribution in [2.45, 2.75) is 24.3 Å². The average Bonchev–Trinajstić information content (AvgIpc) is 2.78. The summed E-state index contributed by atoms with van der Waals surface area (Å²) in [5.41, 5.74) is 0. The van der Waals surface area contributed by atoms with Gasteiger partial charge in [0.15, 0.2) is 0 Å². The van der Waals surface area contributed by atoms with Gasteiger partial charge in [0.05, 0.1) is 4.90 Å². The molecule has 0 radical (unpaired) electrons. The molecule has 0 amide bonds. The molecule has 1 aromatic rings. The third-order valence-corrected chi connectivity index (χ3v) is 5.69. The molecule has 1 rings (SSSR count). The van der Waals surface area contributed by atoms with Gasteiger partial charge in [-0.1, -0.05) is 0 Å². The molecule has 0 fully saturated rings. The van der Waals surface area contributed by atoms with Crippen molar-refractivity contribution in [1.82, 2.24) is 10.0 Å². The van der Waals surface area contributed by atoms with E-state index in [0.717, 1.165) is 23.5 Å². The smallest absolute Gasteiger partial charge is 0.241 e. The fraction of sp³-hybridized carbons (Fsp3) is 0.636. The van der Waals surface area contributed by atoms with Crippen molar-refractivity contribution in [2.75, 3.05) is 25.6 Å². The minimum absolute atomic E-state index is 0.409. The second-order valence-corrected chi connectivity index (χ2v) is 7.56. The second kappa shape index (κ2) is 8.16. The fourth-order valence-corrected chi connectivity index (χ4v) is 4.53. The molecule has 0 saturated carbocycles. The highest BCUT2D eigenvalue weighted by Gasteiger charge is 2.18. The summed E-state index contributed by atoms with van der Waals surface area (Å²) in [4.78, 5) is 1.26. The van der Waals surface area contributed by atoms with E-state index < -0.39 is 10.0 Å². The molecule has 0 aromatic carbocycles. The Kier molecular flexibility index (Phi) is 7.25.